The fraction of sp³-hybridized carbons (Fsp3) is 0.200. The highest BCUT2D eigenvalue weighted by Crippen LogP contribution is 2.19. The minimum absolute atomic E-state index is 0.370. The van der Waals surface area contributed by atoms with E-state index in [1.807, 2.05) is 19.2 Å². The SMILES string of the molecule is Cc1cnn(-c2cc(CCl)c(Cl)cn2)c1. The first-order valence-electron chi connectivity index (χ1n) is 4.42. The zero-order chi connectivity index (χ0) is 10.8. The Hall–Kier alpha value is -1.06. The molecule has 0 spiro atoms. The van der Waals surface area contributed by atoms with Crippen LogP contribution in [0.4, 0.5) is 0 Å². The smallest absolute Gasteiger partial charge is 0.153 e. The second kappa shape index (κ2) is 4.21. The second-order valence-corrected chi connectivity index (χ2v) is 3.90. The number of halogens is 2. The van der Waals surface area contributed by atoms with Crippen LogP contribution < -0.4 is 0 Å². The Kier molecular flexibility index (Phi) is 2.93. The summed E-state index contributed by atoms with van der Waals surface area (Å²) in [5.74, 6) is 1.09. The van der Waals surface area contributed by atoms with Gasteiger partial charge in [0.25, 0.3) is 0 Å². The van der Waals surface area contributed by atoms with Crippen LogP contribution in [0.15, 0.2) is 24.7 Å². The topological polar surface area (TPSA) is 30.7 Å². The first kappa shape index (κ1) is 10.5. The van der Waals surface area contributed by atoms with E-state index in [4.69, 9.17) is 23.2 Å². The van der Waals surface area contributed by atoms with Gasteiger partial charge >= 0.3 is 0 Å². The summed E-state index contributed by atoms with van der Waals surface area (Å²) in [6.45, 7) is 1.97. The molecule has 2 aromatic rings. The average Bonchev–Trinajstić information content (AvgIpc) is 2.66. The van der Waals surface area contributed by atoms with Gasteiger partial charge in [-0.2, -0.15) is 5.10 Å². The van der Waals surface area contributed by atoms with Gasteiger partial charge in [0, 0.05) is 18.3 Å². The van der Waals surface area contributed by atoms with Gasteiger partial charge in [0.15, 0.2) is 5.82 Å². The Morgan fingerprint density at radius 1 is 1.40 bits per heavy atom. The Morgan fingerprint density at radius 3 is 2.80 bits per heavy atom. The van der Waals surface area contributed by atoms with E-state index in [1.165, 1.54) is 0 Å². The van der Waals surface area contributed by atoms with Gasteiger partial charge < -0.3 is 0 Å². The van der Waals surface area contributed by atoms with Crippen molar-refractivity contribution in [2.24, 2.45) is 0 Å². The fourth-order valence-corrected chi connectivity index (χ4v) is 1.69. The predicted octanol–water partition coefficient (Wildman–Crippen LogP) is 2.97. The maximum Gasteiger partial charge on any atom is 0.153 e. The summed E-state index contributed by atoms with van der Waals surface area (Å²) in [7, 11) is 0. The van der Waals surface area contributed by atoms with Gasteiger partial charge in [-0.1, -0.05) is 11.6 Å². The summed E-state index contributed by atoms with van der Waals surface area (Å²) >= 11 is 11.7. The van der Waals surface area contributed by atoms with Crippen molar-refractivity contribution in [3.8, 4) is 5.82 Å². The van der Waals surface area contributed by atoms with E-state index < -0.39 is 0 Å². The number of pyridine rings is 1. The molecular weight excluding hydrogens is 233 g/mol. The molecule has 2 rings (SSSR count). The maximum absolute atomic E-state index is 5.91. The van der Waals surface area contributed by atoms with Crippen LogP contribution in [0, 0.1) is 6.92 Å². The van der Waals surface area contributed by atoms with Crippen LogP contribution in [0.1, 0.15) is 11.1 Å². The number of hydrogen-bond donors (Lipinski definition) is 0. The third-order valence-corrected chi connectivity index (χ3v) is 2.64. The van der Waals surface area contributed by atoms with Crippen molar-refractivity contribution in [1.29, 1.82) is 0 Å². The van der Waals surface area contributed by atoms with Crippen molar-refractivity contribution in [1.82, 2.24) is 14.8 Å². The largest absolute Gasteiger partial charge is 0.236 e. The van der Waals surface area contributed by atoms with Crippen molar-refractivity contribution in [2.45, 2.75) is 12.8 Å². The third-order valence-electron chi connectivity index (χ3n) is 2.01. The Balaban J connectivity index is 2.45. The summed E-state index contributed by atoms with van der Waals surface area (Å²) in [6.07, 6.45) is 5.26. The molecular formula is C10H9Cl2N3. The first-order chi connectivity index (χ1) is 7.20. The quantitative estimate of drug-likeness (QED) is 0.758. The van der Waals surface area contributed by atoms with Crippen molar-refractivity contribution in [3.05, 3.63) is 40.8 Å². The molecule has 0 aromatic carbocycles. The van der Waals surface area contributed by atoms with E-state index in [0.29, 0.717) is 10.9 Å². The molecule has 0 radical (unpaired) electrons. The molecule has 3 nitrogen and oxygen atoms in total. The highest BCUT2D eigenvalue weighted by molar-refractivity contribution is 6.32. The highest BCUT2D eigenvalue weighted by Gasteiger charge is 2.04. The van der Waals surface area contributed by atoms with E-state index in [2.05, 4.69) is 10.1 Å². The number of hydrogen-bond acceptors (Lipinski definition) is 2. The lowest BCUT2D eigenvalue weighted by atomic mass is 10.3. The number of aromatic nitrogens is 3. The van der Waals surface area contributed by atoms with Crippen LogP contribution in [0.5, 0.6) is 0 Å². The molecule has 2 aromatic heterocycles. The van der Waals surface area contributed by atoms with Gasteiger partial charge in [0.1, 0.15) is 0 Å². The molecule has 0 bridgehead atoms. The summed E-state index contributed by atoms with van der Waals surface area (Å²) in [5.41, 5.74) is 1.94. The first-order valence-corrected chi connectivity index (χ1v) is 5.34. The minimum atomic E-state index is 0.370. The van der Waals surface area contributed by atoms with Gasteiger partial charge in [-0.25, -0.2) is 9.67 Å². The van der Waals surface area contributed by atoms with E-state index in [-0.39, 0.29) is 0 Å². The molecule has 0 atom stereocenters. The van der Waals surface area contributed by atoms with Crippen molar-refractivity contribution in [3.63, 3.8) is 0 Å². The van der Waals surface area contributed by atoms with Crippen LogP contribution in [-0.2, 0) is 5.88 Å². The Morgan fingerprint density at radius 2 is 2.20 bits per heavy atom. The number of rotatable bonds is 2. The second-order valence-electron chi connectivity index (χ2n) is 3.23. The van der Waals surface area contributed by atoms with Crippen molar-refractivity contribution in [2.75, 3.05) is 0 Å². The fourth-order valence-electron chi connectivity index (χ4n) is 1.23. The summed E-state index contributed by atoms with van der Waals surface area (Å²) in [5, 5.41) is 4.74. The Labute approximate surface area is 97.7 Å². The van der Waals surface area contributed by atoms with E-state index in [9.17, 15) is 0 Å². The van der Waals surface area contributed by atoms with Crippen LogP contribution in [0.25, 0.3) is 5.82 Å². The third kappa shape index (κ3) is 2.13. The molecule has 5 heteroatoms. The molecule has 0 amide bonds. The molecule has 0 aliphatic rings. The van der Waals surface area contributed by atoms with Gasteiger partial charge in [0.2, 0.25) is 0 Å². The number of nitrogens with zero attached hydrogens (tertiary/aromatic N) is 3. The Bertz CT molecular complexity index is 479. The van der Waals surface area contributed by atoms with Crippen molar-refractivity contribution < 1.29 is 0 Å². The van der Waals surface area contributed by atoms with Crippen LogP contribution in [0.3, 0.4) is 0 Å². The zero-order valence-corrected chi connectivity index (χ0v) is 9.63. The van der Waals surface area contributed by atoms with Gasteiger partial charge in [0.05, 0.1) is 11.2 Å². The molecule has 0 aliphatic carbocycles. The molecule has 0 aliphatic heterocycles. The standard InChI is InChI=1S/C10H9Cl2N3/c1-7-4-14-15(6-7)10-2-8(3-11)9(12)5-13-10/h2,4-6H,3H2,1H3. The van der Waals surface area contributed by atoms with Crippen LogP contribution >= 0.6 is 23.2 Å². The van der Waals surface area contributed by atoms with Gasteiger partial charge in [-0.3, -0.25) is 0 Å². The molecule has 0 saturated carbocycles. The van der Waals surface area contributed by atoms with Crippen LogP contribution in [0.2, 0.25) is 5.02 Å². The predicted molar refractivity (Wildman–Crippen MR) is 60.7 cm³/mol. The lowest BCUT2D eigenvalue weighted by Crippen LogP contribution is -1.98. The molecule has 78 valence electrons. The monoisotopic (exact) mass is 241 g/mol. The van der Waals surface area contributed by atoms with Crippen molar-refractivity contribution >= 4 is 23.2 Å². The van der Waals surface area contributed by atoms with E-state index >= 15 is 0 Å². The normalized spacial score (nSPS) is 10.6. The zero-order valence-electron chi connectivity index (χ0n) is 8.11. The number of aryl methyl sites for hydroxylation is 1. The molecule has 0 N–H and O–H groups in total. The van der Waals surface area contributed by atoms with Gasteiger partial charge in [-0.05, 0) is 24.1 Å². The minimum Gasteiger partial charge on any atom is -0.236 e. The number of alkyl halides is 1. The van der Waals surface area contributed by atoms with E-state index in [0.717, 1.165) is 16.9 Å². The van der Waals surface area contributed by atoms with Crippen LogP contribution in [-0.4, -0.2) is 14.8 Å². The molecule has 0 unspecified atom stereocenters. The van der Waals surface area contributed by atoms with E-state index in [1.54, 1.807) is 17.1 Å². The molecule has 0 saturated heterocycles. The maximum atomic E-state index is 5.91. The lowest BCUT2D eigenvalue weighted by molar-refractivity contribution is 0.844. The molecule has 2 heterocycles. The summed E-state index contributed by atoms with van der Waals surface area (Å²) in [6, 6.07) is 1.84. The lowest BCUT2D eigenvalue weighted by Gasteiger charge is -2.03. The molecule has 15 heavy (non-hydrogen) atoms. The molecule has 0 fully saturated rings. The summed E-state index contributed by atoms with van der Waals surface area (Å²) < 4.78 is 1.70. The highest BCUT2D eigenvalue weighted by atomic mass is 35.5. The average molecular weight is 242 g/mol. The van der Waals surface area contributed by atoms with Gasteiger partial charge in [-0.15, -0.1) is 11.6 Å². The summed E-state index contributed by atoms with van der Waals surface area (Å²) in [4.78, 5) is 4.18.